The third-order valence-electron chi connectivity index (χ3n) is 4.33. The van der Waals surface area contributed by atoms with Crippen LogP contribution in [0.3, 0.4) is 0 Å². The van der Waals surface area contributed by atoms with Gasteiger partial charge < -0.3 is 15.6 Å². The van der Waals surface area contributed by atoms with Crippen molar-refractivity contribution in [3.05, 3.63) is 60.8 Å². The van der Waals surface area contributed by atoms with E-state index in [4.69, 9.17) is 0 Å². The van der Waals surface area contributed by atoms with Gasteiger partial charge in [0.2, 0.25) is 5.95 Å². The Hall–Kier alpha value is -3.73. The van der Waals surface area contributed by atoms with Crippen molar-refractivity contribution in [1.29, 1.82) is 0 Å². The molecule has 0 amide bonds. The average molecular weight is 424 g/mol. The lowest BCUT2D eigenvalue weighted by Crippen LogP contribution is -2.07. The topological polar surface area (TPSA) is 141 Å². The number of nitrogens with one attached hydrogen (secondary N) is 4. The number of aromatic nitrogens is 6. The van der Waals surface area contributed by atoms with Gasteiger partial charge in [0.1, 0.15) is 5.82 Å². The van der Waals surface area contributed by atoms with E-state index in [1.54, 1.807) is 30.9 Å². The van der Waals surface area contributed by atoms with Gasteiger partial charge in [0.05, 0.1) is 16.8 Å². The van der Waals surface area contributed by atoms with Crippen LogP contribution in [-0.4, -0.2) is 51.4 Å². The lowest BCUT2D eigenvalue weighted by atomic mass is 10.2. The highest BCUT2D eigenvalue weighted by molar-refractivity contribution is 7.90. The van der Waals surface area contributed by atoms with Crippen LogP contribution in [0, 0.1) is 0 Å². The molecule has 0 spiro atoms. The summed E-state index contributed by atoms with van der Waals surface area (Å²) in [6.07, 6.45) is 7.10. The summed E-state index contributed by atoms with van der Waals surface area (Å²) < 4.78 is 23.1. The number of anilines is 3. The standard InChI is InChI=1S/C19H20N8O2S/c1-30(28,29)15-6-4-13(5-7-15)24-19-25-18(26-27-19)16-3-2-9-21-17(16)22-10-8-14-11-20-12-23-14/h2-7,9,11-12H,8,10H2,1H3,(H,20,23)(H,21,22)(H2,24,25,26,27). The molecule has 0 unspecified atom stereocenters. The quantitative estimate of drug-likeness (QED) is 0.338. The molecular weight excluding hydrogens is 404 g/mol. The first-order chi connectivity index (χ1) is 14.5. The first-order valence-electron chi connectivity index (χ1n) is 9.15. The third kappa shape index (κ3) is 4.63. The van der Waals surface area contributed by atoms with Gasteiger partial charge in [-0.05, 0) is 36.4 Å². The van der Waals surface area contributed by atoms with Gasteiger partial charge in [-0.15, -0.1) is 5.10 Å². The summed E-state index contributed by atoms with van der Waals surface area (Å²) in [5.41, 5.74) is 2.50. The van der Waals surface area contributed by atoms with E-state index in [1.165, 1.54) is 18.4 Å². The second kappa shape index (κ2) is 8.33. The fourth-order valence-electron chi connectivity index (χ4n) is 2.83. The molecule has 0 aliphatic carbocycles. The molecule has 0 radical (unpaired) electrons. The summed E-state index contributed by atoms with van der Waals surface area (Å²) in [7, 11) is -3.24. The van der Waals surface area contributed by atoms with E-state index in [-0.39, 0.29) is 4.90 Å². The largest absolute Gasteiger partial charge is 0.369 e. The Bertz CT molecular complexity index is 1220. The van der Waals surface area contributed by atoms with Crippen LogP contribution < -0.4 is 10.6 Å². The number of aromatic amines is 2. The molecular formula is C19H20N8O2S. The molecule has 4 N–H and O–H groups in total. The number of pyridine rings is 1. The van der Waals surface area contributed by atoms with E-state index in [1.807, 2.05) is 12.1 Å². The molecule has 3 heterocycles. The fraction of sp³-hybridized carbons (Fsp3) is 0.158. The van der Waals surface area contributed by atoms with Crippen LogP contribution >= 0.6 is 0 Å². The molecule has 0 saturated carbocycles. The Labute approximate surface area is 173 Å². The minimum atomic E-state index is -3.24. The number of H-pyrrole nitrogens is 2. The number of hydrogen-bond donors (Lipinski definition) is 4. The minimum Gasteiger partial charge on any atom is -0.369 e. The van der Waals surface area contributed by atoms with E-state index in [0.29, 0.717) is 29.8 Å². The monoisotopic (exact) mass is 424 g/mol. The third-order valence-corrected chi connectivity index (χ3v) is 5.46. The van der Waals surface area contributed by atoms with Gasteiger partial charge in [0.25, 0.3) is 0 Å². The Morgan fingerprint density at radius 1 is 1.13 bits per heavy atom. The van der Waals surface area contributed by atoms with E-state index in [0.717, 1.165) is 17.7 Å². The summed E-state index contributed by atoms with van der Waals surface area (Å²) in [5.74, 6) is 1.61. The van der Waals surface area contributed by atoms with Crippen molar-refractivity contribution in [1.82, 2.24) is 30.1 Å². The number of benzene rings is 1. The van der Waals surface area contributed by atoms with Crippen LogP contribution in [0.15, 0.2) is 60.0 Å². The molecule has 0 bridgehead atoms. The van der Waals surface area contributed by atoms with Crippen molar-refractivity contribution < 1.29 is 8.42 Å². The van der Waals surface area contributed by atoms with Crippen molar-refractivity contribution in [2.45, 2.75) is 11.3 Å². The zero-order valence-electron chi connectivity index (χ0n) is 16.1. The summed E-state index contributed by atoms with van der Waals surface area (Å²) in [5, 5.41) is 13.5. The van der Waals surface area contributed by atoms with Crippen LogP contribution in [0.1, 0.15) is 5.69 Å². The lowest BCUT2D eigenvalue weighted by Gasteiger charge is -2.08. The highest BCUT2D eigenvalue weighted by Crippen LogP contribution is 2.24. The maximum absolute atomic E-state index is 11.6. The minimum absolute atomic E-state index is 0.255. The molecule has 0 saturated heterocycles. The molecule has 0 atom stereocenters. The van der Waals surface area contributed by atoms with Crippen LogP contribution in [0.4, 0.5) is 17.5 Å². The number of nitrogens with zero attached hydrogens (tertiary/aromatic N) is 4. The predicted molar refractivity (Wildman–Crippen MR) is 113 cm³/mol. The lowest BCUT2D eigenvalue weighted by molar-refractivity contribution is 0.602. The van der Waals surface area contributed by atoms with Crippen LogP contribution in [0.2, 0.25) is 0 Å². The molecule has 0 aliphatic heterocycles. The number of hydrogen-bond acceptors (Lipinski definition) is 8. The molecule has 1 aromatic carbocycles. The van der Waals surface area contributed by atoms with Gasteiger partial charge in [-0.25, -0.2) is 18.4 Å². The molecule has 30 heavy (non-hydrogen) atoms. The van der Waals surface area contributed by atoms with Gasteiger partial charge >= 0.3 is 0 Å². The molecule has 3 aromatic heterocycles. The van der Waals surface area contributed by atoms with Gasteiger partial charge in [0, 0.05) is 43.0 Å². The summed E-state index contributed by atoms with van der Waals surface area (Å²) in [4.78, 5) is 16.2. The van der Waals surface area contributed by atoms with Crippen molar-refractivity contribution in [3.8, 4) is 11.4 Å². The molecule has 0 aliphatic rings. The Morgan fingerprint density at radius 2 is 1.97 bits per heavy atom. The van der Waals surface area contributed by atoms with Crippen molar-refractivity contribution in [2.24, 2.45) is 0 Å². The summed E-state index contributed by atoms with van der Waals surface area (Å²) >= 11 is 0. The molecule has 4 rings (SSSR count). The van der Waals surface area contributed by atoms with Gasteiger partial charge in [-0.1, -0.05) is 0 Å². The van der Waals surface area contributed by atoms with Crippen molar-refractivity contribution in [2.75, 3.05) is 23.4 Å². The van der Waals surface area contributed by atoms with Gasteiger partial charge in [-0.3, -0.25) is 5.10 Å². The molecule has 0 fully saturated rings. The second-order valence-electron chi connectivity index (χ2n) is 6.58. The van der Waals surface area contributed by atoms with Crippen LogP contribution in [0.25, 0.3) is 11.4 Å². The molecule has 10 nitrogen and oxygen atoms in total. The maximum atomic E-state index is 11.6. The number of rotatable bonds is 8. The molecule has 4 aromatic rings. The van der Waals surface area contributed by atoms with Gasteiger partial charge in [0.15, 0.2) is 15.7 Å². The van der Waals surface area contributed by atoms with Gasteiger partial charge in [-0.2, -0.15) is 4.98 Å². The first-order valence-corrected chi connectivity index (χ1v) is 11.0. The molecule has 11 heteroatoms. The average Bonchev–Trinajstić information content (AvgIpc) is 3.40. The zero-order chi connectivity index (χ0) is 21.0. The Kier molecular flexibility index (Phi) is 5.44. The molecule has 154 valence electrons. The smallest absolute Gasteiger partial charge is 0.246 e. The van der Waals surface area contributed by atoms with Crippen molar-refractivity contribution >= 4 is 27.3 Å². The predicted octanol–water partition coefficient (Wildman–Crippen LogP) is 2.39. The Balaban J connectivity index is 1.46. The highest BCUT2D eigenvalue weighted by Gasteiger charge is 2.12. The summed E-state index contributed by atoms with van der Waals surface area (Å²) in [6.45, 7) is 0.679. The van der Waals surface area contributed by atoms with Crippen molar-refractivity contribution in [3.63, 3.8) is 0 Å². The number of sulfone groups is 1. The number of imidazole rings is 1. The second-order valence-corrected chi connectivity index (χ2v) is 8.60. The Morgan fingerprint density at radius 3 is 2.70 bits per heavy atom. The van der Waals surface area contributed by atoms with E-state index >= 15 is 0 Å². The van der Waals surface area contributed by atoms with E-state index in [9.17, 15) is 8.42 Å². The normalized spacial score (nSPS) is 11.4. The fourth-order valence-corrected chi connectivity index (χ4v) is 3.46. The summed E-state index contributed by atoms with van der Waals surface area (Å²) in [6, 6.07) is 10.1. The zero-order valence-corrected chi connectivity index (χ0v) is 16.9. The van der Waals surface area contributed by atoms with E-state index in [2.05, 4.69) is 40.8 Å². The SMILES string of the molecule is CS(=O)(=O)c1ccc(Nc2n[nH]c(-c3cccnc3NCCc3cnc[nH]3)n2)cc1. The maximum Gasteiger partial charge on any atom is 0.246 e. The van der Waals surface area contributed by atoms with Crippen LogP contribution in [-0.2, 0) is 16.3 Å². The van der Waals surface area contributed by atoms with Crippen LogP contribution in [0.5, 0.6) is 0 Å². The highest BCUT2D eigenvalue weighted by atomic mass is 32.2. The first kappa shape index (κ1) is 19.6. The van der Waals surface area contributed by atoms with E-state index < -0.39 is 9.84 Å².